The van der Waals surface area contributed by atoms with E-state index in [1.54, 1.807) is 11.3 Å². The zero-order chi connectivity index (χ0) is 21.7. The molecular weight excluding hydrogens is 510 g/mol. The highest BCUT2D eigenvalue weighted by molar-refractivity contribution is 9.10. The first kappa shape index (κ1) is 20.6. The number of nitrogens with zero attached hydrogens (tertiary/aromatic N) is 4. The van der Waals surface area contributed by atoms with Crippen LogP contribution in [0.1, 0.15) is 12.8 Å². The third-order valence-electron chi connectivity index (χ3n) is 6.31. The summed E-state index contributed by atoms with van der Waals surface area (Å²) in [6.07, 6.45) is 6.15. The van der Waals surface area contributed by atoms with Crippen LogP contribution in [0.4, 0.5) is 5.13 Å². The van der Waals surface area contributed by atoms with E-state index in [0.717, 1.165) is 56.5 Å². The van der Waals surface area contributed by atoms with Crippen LogP contribution >= 0.6 is 38.9 Å². The Morgan fingerprint density at radius 1 is 1.16 bits per heavy atom. The smallest absolute Gasteiger partial charge is 0.206 e. The summed E-state index contributed by atoms with van der Waals surface area (Å²) in [5.74, 6) is 0.422. The SMILES string of the molecule is ClC1C(Nc2nnc(-c3cccn4cc(-c5ccc(Br)cc5)nc34)s2)CCC2NNCC21. The average Bonchev–Trinajstić information content (AvgIpc) is 3.55. The van der Waals surface area contributed by atoms with E-state index in [9.17, 15) is 0 Å². The van der Waals surface area contributed by atoms with Gasteiger partial charge in [0.2, 0.25) is 5.13 Å². The second-order valence-electron chi connectivity index (χ2n) is 8.27. The maximum atomic E-state index is 6.80. The number of aromatic nitrogens is 4. The van der Waals surface area contributed by atoms with Crippen molar-refractivity contribution in [1.82, 2.24) is 30.4 Å². The standard InChI is InChI=1S/C22H21BrClN7S/c23-13-5-3-12(4-6-13)18-11-31-9-1-2-14(20(31)26-18)21-29-30-22(32-21)27-17-8-7-16-15(19(17)24)10-25-28-16/h1-6,9,11,15-17,19,25,28H,7-8,10H2,(H,27,30). The zero-order valence-corrected chi connectivity index (χ0v) is 20.2. The minimum absolute atomic E-state index is 0.0489. The van der Waals surface area contributed by atoms with E-state index in [0.29, 0.717) is 12.0 Å². The Hall–Kier alpha value is -2.04. The molecule has 1 saturated carbocycles. The molecule has 4 aromatic rings. The Labute approximate surface area is 202 Å². The molecule has 0 amide bonds. The molecule has 1 aliphatic carbocycles. The van der Waals surface area contributed by atoms with Crippen LogP contribution in [-0.4, -0.2) is 43.6 Å². The molecule has 2 fully saturated rings. The van der Waals surface area contributed by atoms with Crippen molar-refractivity contribution in [2.45, 2.75) is 30.3 Å². The molecule has 3 aromatic heterocycles. The van der Waals surface area contributed by atoms with Crippen LogP contribution in [0, 0.1) is 5.92 Å². The number of benzene rings is 1. The highest BCUT2D eigenvalue weighted by atomic mass is 79.9. The molecule has 32 heavy (non-hydrogen) atoms. The van der Waals surface area contributed by atoms with Crippen LogP contribution < -0.4 is 16.2 Å². The summed E-state index contributed by atoms with van der Waals surface area (Å²) in [7, 11) is 0. The molecule has 0 bridgehead atoms. The van der Waals surface area contributed by atoms with Gasteiger partial charge in [-0.05, 0) is 37.1 Å². The molecule has 4 heterocycles. The predicted molar refractivity (Wildman–Crippen MR) is 132 cm³/mol. The molecule has 7 nitrogen and oxygen atoms in total. The van der Waals surface area contributed by atoms with Gasteiger partial charge < -0.3 is 9.72 Å². The van der Waals surface area contributed by atoms with Gasteiger partial charge in [-0.1, -0.05) is 39.4 Å². The van der Waals surface area contributed by atoms with E-state index in [-0.39, 0.29) is 11.4 Å². The van der Waals surface area contributed by atoms with Crippen LogP contribution in [0.3, 0.4) is 0 Å². The Balaban J connectivity index is 1.27. The van der Waals surface area contributed by atoms with Crippen molar-refractivity contribution >= 4 is 49.6 Å². The summed E-state index contributed by atoms with van der Waals surface area (Å²) in [4.78, 5) is 4.89. The van der Waals surface area contributed by atoms with Crippen molar-refractivity contribution < 1.29 is 0 Å². The Kier molecular flexibility index (Phi) is 5.39. The number of rotatable bonds is 4. The van der Waals surface area contributed by atoms with Gasteiger partial charge in [0.25, 0.3) is 0 Å². The highest BCUT2D eigenvalue weighted by Crippen LogP contribution is 2.35. The van der Waals surface area contributed by atoms with Crippen LogP contribution in [0.25, 0.3) is 27.5 Å². The first-order chi connectivity index (χ1) is 15.7. The summed E-state index contributed by atoms with van der Waals surface area (Å²) in [6.45, 7) is 0.904. The predicted octanol–water partition coefficient (Wildman–Crippen LogP) is 4.56. The molecule has 164 valence electrons. The minimum atomic E-state index is 0.0489. The van der Waals surface area contributed by atoms with Crippen molar-refractivity contribution in [3.63, 3.8) is 0 Å². The number of imidazole rings is 1. The molecule has 0 spiro atoms. The van der Waals surface area contributed by atoms with Gasteiger partial charge in [0.15, 0.2) is 5.01 Å². The molecule has 1 aromatic carbocycles. The number of fused-ring (bicyclic) bond motifs is 2. The summed E-state index contributed by atoms with van der Waals surface area (Å²) in [5, 5.41) is 14.1. The number of pyridine rings is 1. The minimum Gasteiger partial charge on any atom is -0.356 e. The van der Waals surface area contributed by atoms with Crippen molar-refractivity contribution in [3.8, 4) is 21.8 Å². The number of hydrazine groups is 1. The number of hydrogen-bond donors (Lipinski definition) is 3. The van der Waals surface area contributed by atoms with E-state index < -0.39 is 0 Å². The molecule has 3 N–H and O–H groups in total. The van der Waals surface area contributed by atoms with Crippen molar-refractivity contribution in [3.05, 3.63) is 53.3 Å². The van der Waals surface area contributed by atoms with Crippen molar-refractivity contribution in [2.75, 3.05) is 11.9 Å². The lowest BCUT2D eigenvalue weighted by molar-refractivity contribution is 0.320. The Morgan fingerprint density at radius 3 is 2.91 bits per heavy atom. The third kappa shape index (κ3) is 3.72. The lowest BCUT2D eigenvalue weighted by Gasteiger charge is -2.35. The maximum Gasteiger partial charge on any atom is 0.206 e. The number of halogens is 2. The molecular formula is C22H21BrClN7S. The van der Waals surface area contributed by atoms with Crippen LogP contribution in [0.5, 0.6) is 0 Å². The Bertz CT molecular complexity index is 1260. The Morgan fingerprint density at radius 2 is 2.03 bits per heavy atom. The summed E-state index contributed by atoms with van der Waals surface area (Å²) < 4.78 is 3.09. The second-order valence-corrected chi connectivity index (χ2v) is 10.7. The van der Waals surface area contributed by atoms with E-state index in [1.807, 2.05) is 41.1 Å². The fourth-order valence-electron chi connectivity index (χ4n) is 4.64. The first-order valence-corrected chi connectivity index (χ1v) is 12.7. The van der Waals surface area contributed by atoms with E-state index >= 15 is 0 Å². The van der Waals surface area contributed by atoms with Gasteiger partial charge in [-0.3, -0.25) is 10.9 Å². The first-order valence-electron chi connectivity index (χ1n) is 10.6. The summed E-state index contributed by atoms with van der Waals surface area (Å²) >= 11 is 11.8. The van der Waals surface area contributed by atoms with Crippen LogP contribution in [0.2, 0.25) is 0 Å². The summed E-state index contributed by atoms with van der Waals surface area (Å²) in [6, 6.07) is 12.9. The lowest BCUT2D eigenvalue weighted by Crippen LogP contribution is -2.47. The third-order valence-corrected chi connectivity index (χ3v) is 8.36. The van der Waals surface area contributed by atoms with Crippen LogP contribution in [-0.2, 0) is 0 Å². The van der Waals surface area contributed by atoms with Crippen LogP contribution in [0.15, 0.2) is 53.3 Å². The molecule has 4 unspecified atom stereocenters. The molecule has 4 atom stereocenters. The van der Waals surface area contributed by atoms with Gasteiger partial charge in [0.05, 0.1) is 16.6 Å². The topological polar surface area (TPSA) is 79.2 Å². The lowest BCUT2D eigenvalue weighted by atomic mass is 9.82. The fraction of sp³-hybridized carbons (Fsp3) is 0.318. The highest BCUT2D eigenvalue weighted by Gasteiger charge is 2.41. The van der Waals surface area contributed by atoms with E-state index in [1.165, 1.54) is 0 Å². The fourth-order valence-corrected chi connectivity index (χ4v) is 6.18. The van der Waals surface area contributed by atoms with Gasteiger partial charge in [0, 0.05) is 47.0 Å². The largest absolute Gasteiger partial charge is 0.356 e. The number of nitrogens with one attached hydrogen (secondary N) is 3. The molecule has 2 aliphatic rings. The van der Waals surface area contributed by atoms with Gasteiger partial charge >= 0.3 is 0 Å². The molecule has 1 saturated heterocycles. The quantitative estimate of drug-likeness (QED) is 0.336. The maximum absolute atomic E-state index is 6.80. The van der Waals surface area contributed by atoms with Crippen molar-refractivity contribution in [1.29, 1.82) is 0 Å². The van der Waals surface area contributed by atoms with E-state index in [4.69, 9.17) is 16.6 Å². The van der Waals surface area contributed by atoms with E-state index in [2.05, 4.69) is 54.4 Å². The van der Waals surface area contributed by atoms with Gasteiger partial charge in [-0.25, -0.2) is 4.98 Å². The number of hydrogen-bond acceptors (Lipinski definition) is 7. The molecule has 6 rings (SSSR count). The van der Waals surface area contributed by atoms with Gasteiger partial charge in [-0.2, -0.15) is 0 Å². The molecule has 10 heteroatoms. The average molecular weight is 531 g/mol. The number of alkyl halides is 1. The molecule has 1 aliphatic heterocycles. The van der Waals surface area contributed by atoms with Gasteiger partial charge in [-0.15, -0.1) is 21.8 Å². The monoisotopic (exact) mass is 529 g/mol. The molecule has 0 radical (unpaired) electrons. The van der Waals surface area contributed by atoms with Gasteiger partial charge in [0.1, 0.15) is 5.65 Å². The zero-order valence-electron chi connectivity index (χ0n) is 17.0. The van der Waals surface area contributed by atoms with Crippen molar-refractivity contribution in [2.24, 2.45) is 5.92 Å². The second kappa shape index (κ2) is 8.39. The summed E-state index contributed by atoms with van der Waals surface area (Å²) in [5.41, 5.74) is 10.4. The normalized spacial score (nSPS) is 25.2. The number of anilines is 1.